The highest BCUT2D eigenvalue weighted by molar-refractivity contribution is 5.93. The lowest BCUT2D eigenvalue weighted by atomic mass is 9.83. The zero-order valence-electron chi connectivity index (χ0n) is 14.9. The van der Waals surface area contributed by atoms with E-state index in [2.05, 4.69) is 16.8 Å². The van der Waals surface area contributed by atoms with Crippen LogP contribution in [0.2, 0.25) is 0 Å². The van der Waals surface area contributed by atoms with Crippen molar-refractivity contribution in [2.45, 2.75) is 63.8 Å². The predicted octanol–water partition coefficient (Wildman–Crippen LogP) is 2.81. The van der Waals surface area contributed by atoms with Crippen LogP contribution in [0.25, 0.3) is 0 Å². The fourth-order valence-electron chi connectivity index (χ4n) is 4.36. The Kier molecular flexibility index (Phi) is 4.52. The van der Waals surface area contributed by atoms with Crippen LogP contribution in [0.15, 0.2) is 10.8 Å². The Morgan fingerprint density at radius 1 is 1.32 bits per heavy atom. The second-order valence-electron chi connectivity index (χ2n) is 7.69. The van der Waals surface area contributed by atoms with Crippen LogP contribution >= 0.6 is 0 Å². The summed E-state index contributed by atoms with van der Waals surface area (Å²) >= 11 is 0. The van der Waals surface area contributed by atoms with Crippen molar-refractivity contribution >= 4 is 11.8 Å². The van der Waals surface area contributed by atoms with Gasteiger partial charge in [0.1, 0.15) is 5.76 Å². The maximum atomic E-state index is 12.9. The highest BCUT2D eigenvalue weighted by atomic mass is 16.3. The average molecular weight is 345 g/mol. The summed E-state index contributed by atoms with van der Waals surface area (Å²) in [4.78, 5) is 33.5. The quantitative estimate of drug-likeness (QED) is 0.823. The maximum Gasteiger partial charge on any atom is 0.276 e. The molecule has 0 aromatic carbocycles. The van der Waals surface area contributed by atoms with E-state index in [9.17, 15) is 9.59 Å². The second-order valence-corrected chi connectivity index (χ2v) is 7.69. The molecular formula is C19H27N3O3. The molecule has 2 amide bonds. The van der Waals surface area contributed by atoms with Crippen LogP contribution in [0.4, 0.5) is 0 Å². The van der Waals surface area contributed by atoms with E-state index in [1.54, 1.807) is 0 Å². The van der Waals surface area contributed by atoms with Crippen molar-refractivity contribution in [1.82, 2.24) is 14.8 Å². The number of likely N-dealkylation sites (tertiary alicyclic amines) is 2. The number of rotatable bonds is 5. The van der Waals surface area contributed by atoms with E-state index in [4.69, 9.17) is 4.42 Å². The van der Waals surface area contributed by atoms with Crippen molar-refractivity contribution in [2.75, 3.05) is 19.6 Å². The van der Waals surface area contributed by atoms with Gasteiger partial charge in [-0.05, 0) is 38.0 Å². The molecule has 1 aromatic heterocycles. The van der Waals surface area contributed by atoms with Crippen LogP contribution in [0.3, 0.4) is 0 Å². The zero-order chi connectivity index (χ0) is 17.4. The molecule has 2 atom stereocenters. The molecule has 2 aliphatic heterocycles. The number of oxazole rings is 1. The number of hydrogen-bond donors (Lipinski definition) is 0. The third-order valence-electron chi connectivity index (χ3n) is 5.93. The van der Waals surface area contributed by atoms with Gasteiger partial charge in [-0.2, -0.15) is 0 Å². The summed E-state index contributed by atoms with van der Waals surface area (Å²) in [5.41, 5.74) is 0.510. The molecule has 0 spiro atoms. The minimum absolute atomic E-state index is 0.00566. The molecule has 25 heavy (non-hydrogen) atoms. The highest BCUT2D eigenvalue weighted by Crippen LogP contribution is 2.42. The van der Waals surface area contributed by atoms with Crippen molar-refractivity contribution in [3.63, 3.8) is 0 Å². The SMILES string of the molecule is CCCCN1C(=O)CC[C@H]2CN(C(=O)c3ncoc3C3CC3)CC[C@H]21. The molecule has 2 saturated heterocycles. The Morgan fingerprint density at radius 3 is 2.92 bits per heavy atom. The molecule has 136 valence electrons. The summed E-state index contributed by atoms with van der Waals surface area (Å²) in [5, 5.41) is 0. The Hall–Kier alpha value is -1.85. The van der Waals surface area contributed by atoms with Crippen LogP contribution in [0.1, 0.15) is 74.0 Å². The normalized spacial score (nSPS) is 26.7. The molecule has 1 aromatic rings. The van der Waals surface area contributed by atoms with Gasteiger partial charge in [0.2, 0.25) is 5.91 Å². The first kappa shape index (κ1) is 16.6. The molecule has 0 N–H and O–H groups in total. The van der Waals surface area contributed by atoms with Crippen LogP contribution < -0.4 is 0 Å². The fourth-order valence-corrected chi connectivity index (χ4v) is 4.36. The van der Waals surface area contributed by atoms with Crippen molar-refractivity contribution in [2.24, 2.45) is 5.92 Å². The van der Waals surface area contributed by atoms with Crippen LogP contribution in [-0.4, -0.2) is 52.3 Å². The first-order valence-electron chi connectivity index (χ1n) is 9.71. The number of amides is 2. The van der Waals surface area contributed by atoms with Crippen molar-refractivity contribution in [3.05, 3.63) is 17.8 Å². The lowest BCUT2D eigenvalue weighted by molar-refractivity contribution is -0.140. The average Bonchev–Trinajstić information content (AvgIpc) is 3.36. The van der Waals surface area contributed by atoms with Crippen molar-refractivity contribution in [3.8, 4) is 0 Å². The number of fused-ring (bicyclic) bond motifs is 1. The summed E-state index contributed by atoms with van der Waals surface area (Å²) in [5.74, 6) is 1.85. The van der Waals surface area contributed by atoms with Gasteiger partial charge in [0.25, 0.3) is 5.91 Å². The van der Waals surface area contributed by atoms with E-state index in [1.807, 2.05) is 4.90 Å². The van der Waals surface area contributed by atoms with Gasteiger partial charge in [0.15, 0.2) is 12.1 Å². The number of carbonyl (C=O) groups is 2. The Labute approximate surface area is 148 Å². The van der Waals surface area contributed by atoms with Crippen LogP contribution in [0, 0.1) is 5.92 Å². The number of piperidine rings is 2. The fraction of sp³-hybridized carbons (Fsp3) is 0.737. The highest BCUT2D eigenvalue weighted by Gasteiger charge is 2.41. The summed E-state index contributed by atoms with van der Waals surface area (Å²) in [7, 11) is 0. The predicted molar refractivity (Wildman–Crippen MR) is 92.1 cm³/mol. The zero-order valence-corrected chi connectivity index (χ0v) is 14.9. The topological polar surface area (TPSA) is 66.7 Å². The number of nitrogens with zero attached hydrogens (tertiary/aromatic N) is 3. The largest absolute Gasteiger partial charge is 0.447 e. The lowest BCUT2D eigenvalue weighted by Gasteiger charge is -2.47. The standard InChI is InChI=1S/C19H27N3O3/c1-2-3-9-22-15-8-10-21(11-14(15)6-7-16(22)23)19(24)17-18(13-4-5-13)25-12-20-17/h12-15H,2-11H2,1H3/t14-,15+/m0/s1. The third-order valence-corrected chi connectivity index (χ3v) is 5.93. The first-order chi connectivity index (χ1) is 12.2. The van der Waals surface area contributed by atoms with Crippen molar-refractivity contribution < 1.29 is 14.0 Å². The molecular weight excluding hydrogens is 318 g/mol. The molecule has 3 aliphatic rings. The second kappa shape index (κ2) is 6.81. The van der Waals surface area contributed by atoms with Gasteiger partial charge < -0.3 is 14.2 Å². The maximum absolute atomic E-state index is 12.9. The molecule has 0 bridgehead atoms. The Morgan fingerprint density at radius 2 is 2.16 bits per heavy atom. The smallest absolute Gasteiger partial charge is 0.276 e. The summed E-state index contributed by atoms with van der Waals surface area (Å²) < 4.78 is 5.47. The van der Waals surface area contributed by atoms with E-state index < -0.39 is 0 Å². The molecule has 3 fully saturated rings. The molecule has 6 heteroatoms. The molecule has 1 aliphatic carbocycles. The monoisotopic (exact) mass is 345 g/mol. The minimum Gasteiger partial charge on any atom is -0.447 e. The summed E-state index contributed by atoms with van der Waals surface area (Å²) in [6, 6.07) is 0.303. The van der Waals surface area contributed by atoms with Gasteiger partial charge >= 0.3 is 0 Å². The van der Waals surface area contributed by atoms with Gasteiger partial charge in [-0.3, -0.25) is 9.59 Å². The number of unbranched alkanes of at least 4 members (excludes halogenated alkanes) is 1. The van der Waals surface area contributed by atoms with E-state index in [0.717, 1.165) is 57.4 Å². The third kappa shape index (κ3) is 3.18. The van der Waals surface area contributed by atoms with Gasteiger partial charge in [-0.25, -0.2) is 4.98 Å². The Bertz CT molecular complexity index is 652. The summed E-state index contributed by atoms with van der Waals surface area (Å²) in [6.45, 7) is 4.45. The van der Waals surface area contributed by atoms with E-state index in [-0.39, 0.29) is 5.91 Å². The molecule has 3 heterocycles. The number of hydrogen-bond acceptors (Lipinski definition) is 4. The van der Waals surface area contributed by atoms with Crippen LogP contribution in [-0.2, 0) is 4.79 Å². The summed E-state index contributed by atoms with van der Waals surface area (Å²) in [6.07, 6.45) is 8.13. The van der Waals surface area contributed by atoms with E-state index in [1.165, 1.54) is 6.39 Å². The first-order valence-corrected chi connectivity index (χ1v) is 9.71. The number of carbonyl (C=O) groups excluding carboxylic acids is 2. The molecule has 0 radical (unpaired) electrons. The Balaban J connectivity index is 1.44. The van der Waals surface area contributed by atoms with E-state index >= 15 is 0 Å². The van der Waals surface area contributed by atoms with Crippen LogP contribution in [0.5, 0.6) is 0 Å². The molecule has 4 rings (SSSR count). The van der Waals surface area contributed by atoms with Gasteiger partial charge in [-0.1, -0.05) is 13.3 Å². The van der Waals surface area contributed by atoms with Gasteiger partial charge in [0, 0.05) is 38.0 Å². The molecule has 6 nitrogen and oxygen atoms in total. The van der Waals surface area contributed by atoms with Gasteiger partial charge in [0.05, 0.1) is 0 Å². The lowest BCUT2D eigenvalue weighted by Crippen LogP contribution is -2.57. The minimum atomic E-state index is 0.00566. The van der Waals surface area contributed by atoms with Crippen molar-refractivity contribution in [1.29, 1.82) is 0 Å². The van der Waals surface area contributed by atoms with Gasteiger partial charge in [-0.15, -0.1) is 0 Å². The van der Waals surface area contributed by atoms with E-state index in [0.29, 0.717) is 42.4 Å². The number of aromatic nitrogens is 1. The molecule has 0 unspecified atom stereocenters. The molecule has 1 saturated carbocycles.